The summed E-state index contributed by atoms with van der Waals surface area (Å²) in [7, 11) is -2.05. The quantitative estimate of drug-likeness (QED) is 0.437. The average molecular weight is 546 g/mol. The Kier molecular flexibility index (Phi) is 7.06. The Balaban J connectivity index is 1.49. The first-order valence-corrected chi connectivity index (χ1v) is 13.7. The number of rotatable bonds is 4. The topological polar surface area (TPSA) is 71.4 Å². The van der Waals surface area contributed by atoms with Crippen LogP contribution < -0.4 is 9.47 Å². The Morgan fingerprint density at radius 3 is 2.45 bits per heavy atom. The first-order valence-electron chi connectivity index (χ1n) is 12.1. The van der Waals surface area contributed by atoms with Crippen molar-refractivity contribution in [3.63, 3.8) is 0 Å². The van der Waals surface area contributed by atoms with Gasteiger partial charge in [-0.3, -0.25) is 0 Å². The van der Waals surface area contributed by atoms with Gasteiger partial charge in [0, 0.05) is 26.2 Å². The molecule has 0 unspecified atom stereocenters. The highest BCUT2D eigenvalue weighted by Crippen LogP contribution is 2.42. The third kappa shape index (κ3) is 5.48. The number of alkyl halides is 3. The summed E-state index contributed by atoms with van der Waals surface area (Å²) >= 11 is 0. The molecular formula is C27H26F3N3O4S. The molecule has 11 heteroatoms. The lowest BCUT2D eigenvalue weighted by atomic mass is 10.1. The van der Waals surface area contributed by atoms with Gasteiger partial charge >= 0.3 is 6.18 Å². The predicted octanol–water partition coefficient (Wildman–Crippen LogP) is 5.44. The summed E-state index contributed by atoms with van der Waals surface area (Å²) in [6, 6.07) is 17.3. The average Bonchev–Trinajstić information content (AvgIpc) is 3.23. The Morgan fingerprint density at radius 1 is 0.947 bits per heavy atom. The normalized spacial score (nSPS) is 16.4. The summed E-state index contributed by atoms with van der Waals surface area (Å²) < 4.78 is 79.5. The van der Waals surface area contributed by atoms with Crippen molar-refractivity contribution < 1.29 is 31.1 Å². The molecule has 3 aromatic rings. The second-order valence-electron chi connectivity index (χ2n) is 9.06. The lowest BCUT2D eigenvalue weighted by Crippen LogP contribution is -2.38. The fourth-order valence-electron chi connectivity index (χ4n) is 4.56. The van der Waals surface area contributed by atoms with Crippen molar-refractivity contribution in [1.82, 2.24) is 9.21 Å². The van der Waals surface area contributed by atoms with Crippen LogP contribution in [0.5, 0.6) is 17.2 Å². The van der Waals surface area contributed by atoms with Gasteiger partial charge in [-0.15, -0.1) is 0 Å². The molecule has 0 N–H and O–H groups in total. The highest BCUT2D eigenvalue weighted by molar-refractivity contribution is 7.88. The lowest BCUT2D eigenvalue weighted by molar-refractivity contribution is -0.137. The number of hydrogen-bond donors (Lipinski definition) is 0. The van der Waals surface area contributed by atoms with Gasteiger partial charge in [-0.2, -0.15) is 17.5 Å². The van der Waals surface area contributed by atoms with Crippen molar-refractivity contribution in [3.8, 4) is 17.2 Å². The van der Waals surface area contributed by atoms with Crippen LogP contribution in [0.4, 0.5) is 18.9 Å². The molecule has 0 saturated carbocycles. The first kappa shape index (κ1) is 26.1. The van der Waals surface area contributed by atoms with Crippen LogP contribution in [0.3, 0.4) is 0 Å². The van der Waals surface area contributed by atoms with Crippen LogP contribution in [0.15, 0.2) is 71.7 Å². The maximum Gasteiger partial charge on any atom is 0.416 e. The smallest absolute Gasteiger partial charge is 0.416 e. The number of ether oxygens (including phenoxy) is 2. The molecule has 0 aliphatic carbocycles. The molecule has 2 aliphatic rings. The largest absolute Gasteiger partial charge is 0.497 e. The van der Waals surface area contributed by atoms with E-state index in [9.17, 15) is 21.6 Å². The molecular weight excluding hydrogens is 519 g/mol. The maximum atomic E-state index is 13.5. The third-order valence-electron chi connectivity index (χ3n) is 6.50. The monoisotopic (exact) mass is 545 g/mol. The molecule has 7 nitrogen and oxygen atoms in total. The number of benzene rings is 3. The van der Waals surface area contributed by atoms with Gasteiger partial charge in [0.1, 0.15) is 23.0 Å². The molecule has 0 aromatic heterocycles. The van der Waals surface area contributed by atoms with Crippen LogP contribution in [-0.4, -0.2) is 56.7 Å². The van der Waals surface area contributed by atoms with E-state index >= 15 is 0 Å². The Bertz CT molecular complexity index is 1460. The van der Waals surface area contributed by atoms with Crippen LogP contribution in [0, 0.1) is 0 Å². The van der Waals surface area contributed by atoms with Crippen LogP contribution >= 0.6 is 0 Å². The molecule has 200 valence electrons. The summed E-state index contributed by atoms with van der Waals surface area (Å²) in [5, 5.41) is 0. The standard InChI is InChI=1S/C27H26F3N3O4S/c1-36-21-9-11-24-22(17-21)26(31-23-16-20(27(28,29)30)8-10-25(23)37-24)32-12-5-13-33(15-14-32)38(34,35)18-19-6-3-2-4-7-19/h2-4,6-11,16-17H,5,12-15,18H2,1H3. The van der Waals surface area contributed by atoms with Crippen LogP contribution in [-0.2, 0) is 22.0 Å². The number of fused-ring (bicyclic) bond motifs is 2. The van der Waals surface area contributed by atoms with Crippen molar-refractivity contribution in [2.45, 2.75) is 18.3 Å². The van der Waals surface area contributed by atoms with Crippen LogP contribution in [0.2, 0.25) is 0 Å². The number of methoxy groups -OCH3 is 1. The molecule has 1 fully saturated rings. The molecule has 2 aliphatic heterocycles. The number of hydrogen-bond acceptors (Lipinski definition) is 6. The van der Waals surface area contributed by atoms with E-state index in [2.05, 4.69) is 4.99 Å². The number of halogens is 3. The van der Waals surface area contributed by atoms with Crippen molar-refractivity contribution >= 4 is 21.5 Å². The Labute approximate surface area is 219 Å². The van der Waals surface area contributed by atoms with Crippen LogP contribution in [0.1, 0.15) is 23.1 Å². The number of aliphatic imine (C=N–C) groups is 1. The van der Waals surface area contributed by atoms with Crippen molar-refractivity contribution in [2.24, 2.45) is 4.99 Å². The summed E-state index contributed by atoms with van der Waals surface area (Å²) in [4.78, 5) is 6.54. The SMILES string of the molecule is COc1ccc2c(c1)C(N1CCCN(S(=O)(=O)Cc3ccccc3)CC1)=Nc1cc(C(F)(F)F)ccc1O2. The van der Waals surface area contributed by atoms with E-state index in [1.807, 2.05) is 11.0 Å². The zero-order valence-electron chi connectivity index (χ0n) is 20.6. The second kappa shape index (κ2) is 10.3. The van der Waals surface area contributed by atoms with E-state index in [0.717, 1.165) is 12.1 Å². The maximum absolute atomic E-state index is 13.5. The molecule has 1 saturated heterocycles. The summed E-state index contributed by atoms with van der Waals surface area (Å²) in [6.07, 6.45) is -4.02. The van der Waals surface area contributed by atoms with Gasteiger partial charge in [0.2, 0.25) is 10.0 Å². The summed E-state index contributed by atoms with van der Waals surface area (Å²) in [6.45, 7) is 1.30. The summed E-state index contributed by atoms with van der Waals surface area (Å²) in [5.74, 6) is 1.45. The van der Waals surface area contributed by atoms with E-state index in [1.165, 1.54) is 17.5 Å². The molecule has 0 amide bonds. The van der Waals surface area contributed by atoms with Crippen molar-refractivity contribution in [3.05, 3.63) is 83.4 Å². The lowest BCUT2D eigenvalue weighted by Gasteiger charge is -2.25. The summed E-state index contributed by atoms with van der Waals surface area (Å²) in [5.41, 5.74) is 0.468. The van der Waals surface area contributed by atoms with Crippen molar-refractivity contribution in [2.75, 3.05) is 33.3 Å². The minimum absolute atomic E-state index is 0.0443. The molecule has 0 bridgehead atoms. The van der Waals surface area contributed by atoms with Gasteiger partial charge in [0.05, 0.1) is 24.0 Å². The Hall–Kier alpha value is -3.57. The molecule has 0 spiro atoms. The fraction of sp³-hybridized carbons (Fsp3) is 0.296. The van der Waals surface area contributed by atoms with E-state index in [4.69, 9.17) is 9.47 Å². The second-order valence-corrected chi connectivity index (χ2v) is 11.0. The minimum Gasteiger partial charge on any atom is -0.497 e. The van der Waals surface area contributed by atoms with Gasteiger partial charge < -0.3 is 14.4 Å². The Morgan fingerprint density at radius 2 is 1.71 bits per heavy atom. The van der Waals surface area contributed by atoms with Gasteiger partial charge in [0.25, 0.3) is 0 Å². The molecule has 38 heavy (non-hydrogen) atoms. The van der Waals surface area contributed by atoms with Gasteiger partial charge in [0.15, 0.2) is 5.75 Å². The number of nitrogens with zero attached hydrogens (tertiary/aromatic N) is 3. The molecule has 3 aromatic carbocycles. The molecule has 5 rings (SSSR count). The minimum atomic E-state index is -4.54. The van der Waals surface area contributed by atoms with Crippen LogP contribution in [0.25, 0.3) is 0 Å². The highest BCUT2D eigenvalue weighted by atomic mass is 32.2. The zero-order valence-corrected chi connectivity index (χ0v) is 21.4. The molecule has 2 heterocycles. The fourth-order valence-corrected chi connectivity index (χ4v) is 6.12. The van der Waals surface area contributed by atoms with Gasteiger partial charge in [-0.25, -0.2) is 13.4 Å². The molecule has 0 atom stereocenters. The molecule has 0 radical (unpaired) electrons. The third-order valence-corrected chi connectivity index (χ3v) is 8.35. The highest BCUT2D eigenvalue weighted by Gasteiger charge is 2.33. The van der Waals surface area contributed by atoms with E-state index < -0.39 is 21.8 Å². The van der Waals surface area contributed by atoms with E-state index in [1.54, 1.807) is 42.5 Å². The van der Waals surface area contributed by atoms with Gasteiger partial charge in [-0.1, -0.05) is 30.3 Å². The first-order chi connectivity index (χ1) is 18.1. The van der Waals surface area contributed by atoms with Gasteiger partial charge in [-0.05, 0) is 48.4 Å². The number of sulfonamides is 1. The van der Waals surface area contributed by atoms with E-state index in [-0.39, 0.29) is 23.7 Å². The van der Waals surface area contributed by atoms with E-state index in [0.29, 0.717) is 54.5 Å². The zero-order chi connectivity index (χ0) is 26.9. The number of amidine groups is 1. The predicted molar refractivity (Wildman–Crippen MR) is 138 cm³/mol. The van der Waals surface area contributed by atoms with Crippen molar-refractivity contribution in [1.29, 1.82) is 0 Å².